The summed E-state index contributed by atoms with van der Waals surface area (Å²) < 4.78 is 0. The lowest BCUT2D eigenvalue weighted by molar-refractivity contribution is -0.184. The molecule has 1 N–H and O–H groups in total. The molecule has 2 bridgehead atoms. The smallest absolute Gasteiger partial charge is 0.309 e. The molecule has 2 amide bonds. The molecule has 5 nitrogen and oxygen atoms in total. The Morgan fingerprint density at radius 3 is 1.96 bits per heavy atom. The number of amides is 2. The van der Waals surface area contributed by atoms with Crippen molar-refractivity contribution in [1.29, 1.82) is 0 Å². The zero-order valence-corrected chi connectivity index (χ0v) is 14.3. The van der Waals surface area contributed by atoms with Crippen LogP contribution in [-0.4, -0.2) is 27.8 Å². The maximum Gasteiger partial charge on any atom is 0.309 e. The highest BCUT2D eigenvalue weighted by atomic mass is 16.4. The van der Waals surface area contributed by atoms with Crippen molar-refractivity contribution in [3.8, 4) is 0 Å². The molecule has 3 rings (SSSR count). The Hall–Kier alpha value is -2.17. The number of hydrogen-bond acceptors (Lipinski definition) is 3. The number of carboxylic acids is 1. The minimum Gasteiger partial charge on any atom is -0.481 e. The number of rotatable bonds is 3. The minimum absolute atomic E-state index is 0.244. The van der Waals surface area contributed by atoms with Gasteiger partial charge in [0.1, 0.15) is 0 Å². The summed E-state index contributed by atoms with van der Waals surface area (Å²) in [6.45, 7) is 5.50. The standard InChI is InChI=1S/C19H23NO4/c1-17-10-18(2,12-19(3,11-17)16(23)24)15(22)20(14(17)21)9-13-7-5-4-6-8-13/h4-8H,9-12H2,1-3H3,(H,23,24)/t17-,18+,19?. The number of carbonyl (C=O) groups excluding carboxylic acids is 2. The van der Waals surface area contributed by atoms with Gasteiger partial charge in [-0.2, -0.15) is 0 Å². The molecule has 5 heteroatoms. The molecule has 1 unspecified atom stereocenters. The van der Waals surface area contributed by atoms with Gasteiger partial charge in [-0.3, -0.25) is 19.3 Å². The van der Waals surface area contributed by atoms with Gasteiger partial charge in [-0.15, -0.1) is 0 Å². The second-order valence-electron chi connectivity index (χ2n) is 8.20. The predicted octanol–water partition coefficient (Wildman–Crippen LogP) is 2.84. The van der Waals surface area contributed by atoms with Gasteiger partial charge in [0.05, 0.1) is 12.0 Å². The van der Waals surface area contributed by atoms with Crippen molar-refractivity contribution in [1.82, 2.24) is 4.90 Å². The molecule has 24 heavy (non-hydrogen) atoms. The molecule has 0 aromatic heterocycles. The molecule has 1 aromatic carbocycles. The van der Waals surface area contributed by atoms with Crippen molar-refractivity contribution in [2.75, 3.05) is 0 Å². The second kappa shape index (κ2) is 5.16. The average molecular weight is 329 g/mol. The van der Waals surface area contributed by atoms with E-state index in [2.05, 4.69) is 0 Å². The Morgan fingerprint density at radius 2 is 1.50 bits per heavy atom. The summed E-state index contributed by atoms with van der Waals surface area (Å²) in [6, 6.07) is 9.41. The minimum atomic E-state index is -1.05. The number of piperidine rings is 1. The third-order valence-electron chi connectivity index (χ3n) is 5.56. The topological polar surface area (TPSA) is 74.7 Å². The van der Waals surface area contributed by atoms with E-state index in [1.54, 1.807) is 20.8 Å². The van der Waals surface area contributed by atoms with E-state index >= 15 is 0 Å². The van der Waals surface area contributed by atoms with Gasteiger partial charge in [0, 0.05) is 10.8 Å². The van der Waals surface area contributed by atoms with E-state index in [9.17, 15) is 19.5 Å². The molecule has 1 aliphatic carbocycles. The molecule has 0 radical (unpaired) electrons. The van der Waals surface area contributed by atoms with Gasteiger partial charge < -0.3 is 5.11 Å². The van der Waals surface area contributed by atoms with Crippen LogP contribution in [0.5, 0.6) is 0 Å². The maximum absolute atomic E-state index is 13.0. The van der Waals surface area contributed by atoms with E-state index in [1.807, 2.05) is 30.3 Å². The zero-order valence-electron chi connectivity index (χ0n) is 14.3. The van der Waals surface area contributed by atoms with Crippen molar-refractivity contribution >= 4 is 17.8 Å². The molecule has 1 aromatic rings. The van der Waals surface area contributed by atoms with E-state index in [0.717, 1.165) is 5.56 Å². The first-order chi connectivity index (χ1) is 11.1. The molecule has 1 saturated carbocycles. The van der Waals surface area contributed by atoms with Crippen LogP contribution in [0.25, 0.3) is 0 Å². The van der Waals surface area contributed by atoms with Crippen LogP contribution in [0.15, 0.2) is 30.3 Å². The lowest BCUT2D eigenvalue weighted by Gasteiger charge is -2.55. The van der Waals surface area contributed by atoms with Crippen LogP contribution in [0.4, 0.5) is 0 Å². The summed E-state index contributed by atoms with van der Waals surface area (Å²) in [5.74, 6) is -1.43. The molecule has 1 aliphatic heterocycles. The van der Waals surface area contributed by atoms with E-state index in [0.29, 0.717) is 6.42 Å². The number of nitrogens with zero attached hydrogens (tertiary/aromatic N) is 1. The first kappa shape index (κ1) is 16.7. The third kappa shape index (κ3) is 2.43. The van der Waals surface area contributed by atoms with Crippen molar-refractivity contribution in [2.45, 2.75) is 46.6 Å². The lowest BCUT2D eigenvalue weighted by Crippen LogP contribution is -2.63. The largest absolute Gasteiger partial charge is 0.481 e. The van der Waals surface area contributed by atoms with Gasteiger partial charge in [-0.05, 0) is 31.7 Å². The summed E-state index contributed by atoms with van der Waals surface area (Å²) in [5, 5.41) is 9.62. The molecule has 2 fully saturated rings. The number of benzene rings is 1. The summed E-state index contributed by atoms with van der Waals surface area (Å²) >= 11 is 0. The summed E-state index contributed by atoms with van der Waals surface area (Å²) in [5.41, 5.74) is -1.79. The Labute approximate surface area is 141 Å². The molecule has 0 spiro atoms. The molecule has 1 saturated heterocycles. The Balaban J connectivity index is 1.99. The van der Waals surface area contributed by atoms with Crippen LogP contribution in [0, 0.1) is 16.2 Å². The Kier molecular flexibility index (Phi) is 3.59. The first-order valence-electron chi connectivity index (χ1n) is 8.23. The van der Waals surface area contributed by atoms with Crippen LogP contribution < -0.4 is 0 Å². The lowest BCUT2D eigenvalue weighted by atomic mass is 9.52. The molecule has 1 heterocycles. The van der Waals surface area contributed by atoms with E-state index in [-0.39, 0.29) is 31.2 Å². The van der Waals surface area contributed by atoms with Crippen LogP contribution >= 0.6 is 0 Å². The maximum atomic E-state index is 13.0. The second-order valence-corrected chi connectivity index (χ2v) is 8.20. The Morgan fingerprint density at radius 1 is 1.00 bits per heavy atom. The van der Waals surface area contributed by atoms with Gasteiger partial charge in [-0.1, -0.05) is 44.2 Å². The number of carbonyl (C=O) groups is 3. The number of aliphatic carboxylic acids is 1. The number of hydrogen-bond donors (Lipinski definition) is 1. The molecular weight excluding hydrogens is 306 g/mol. The van der Waals surface area contributed by atoms with Crippen LogP contribution in [0.2, 0.25) is 0 Å². The average Bonchev–Trinajstić information content (AvgIpc) is 2.50. The van der Waals surface area contributed by atoms with Gasteiger partial charge in [0.15, 0.2) is 0 Å². The fourth-order valence-electron chi connectivity index (χ4n) is 4.88. The van der Waals surface area contributed by atoms with Gasteiger partial charge in [-0.25, -0.2) is 0 Å². The first-order valence-corrected chi connectivity index (χ1v) is 8.23. The van der Waals surface area contributed by atoms with Crippen LogP contribution in [0.3, 0.4) is 0 Å². The quantitative estimate of drug-likeness (QED) is 0.865. The predicted molar refractivity (Wildman–Crippen MR) is 87.8 cm³/mol. The summed E-state index contributed by atoms with van der Waals surface area (Å²) in [7, 11) is 0. The van der Waals surface area contributed by atoms with Gasteiger partial charge in [0.25, 0.3) is 0 Å². The van der Waals surface area contributed by atoms with Crippen molar-refractivity contribution in [3.05, 3.63) is 35.9 Å². The SMILES string of the molecule is CC1(C(=O)O)C[C@@]2(C)C[C@@](C)(C1)C(=O)N(Cc1ccccc1)C2=O. The third-order valence-corrected chi connectivity index (χ3v) is 5.56. The fourth-order valence-corrected chi connectivity index (χ4v) is 4.88. The van der Waals surface area contributed by atoms with Crippen molar-refractivity contribution in [2.24, 2.45) is 16.2 Å². The highest BCUT2D eigenvalue weighted by Gasteiger charge is 2.63. The highest BCUT2D eigenvalue weighted by Crippen LogP contribution is 2.58. The number of carboxylic acid groups (broad SMARTS) is 1. The highest BCUT2D eigenvalue weighted by molar-refractivity contribution is 6.04. The fraction of sp³-hybridized carbons (Fsp3) is 0.526. The van der Waals surface area contributed by atoms with Crippen LogP contribution in [0.1, 0.15) is 45.6 Å². The van der Waals surface area contributed by atoms with Gasteiger partial charge in [0.2, 0.25) is 11.8 Å². The number of likely N-dealkylation sites (tertiary alicyclic amines) is 1. The summed E-state index contributed by atoms with van der Waals surface area (Å²) in [6.07, 6.45) is 0.955. The van der Waals surface area contributed by atoms with Crippen LogP contribution in [-0.2, 0) is 20.9 Å². The normalized spacial score (nSPS) is 35.9. The van der Waals surface area contributed by atoms with E-state index in [4.69, 9.17) is 0 Å². The molecule has 2 aliphatic rings. The molecule has 128 valence electrons. The van der Waals surface area contributed by atoms with Gasteiger partial charge >= 0.3 is 5.97 Å². The van der Waals surface area contributed by atoms with E-state index in [1.165, 1.54) is 4.90 Å². The molecular formula is C19H23NO4. The zero-order chi connectivity index (χ0) is 17.8. The van der Waals surface area contributed by atoms with E-state index < -0.39 is 22.2 Å². The summed E-state index contributed by atoms with van der Waals surface area (Å²) in [4.78, 5) is 39.1. The number of imide groups is 1. The monoisotopic (exact) mass is 329 g/mol. The molecule has 3 atom stereocenters. The van der Waals surface area contributed by atoms with Crippen molar-refractivity contribution < 1.29 is 19.5 Å². The van der Waals surface area contributed by atoms with Crippen molar-refractivity contribution in [3.63, 3.8) is 0 Å². The Bertz CT molecular complexity index is 683. The number of fused-ring (bicyclic) bond motifs is 2.